The summed E-state index contributed by atoms with van der Waals surface area (Å²) in [5.41, 5.74) is 16.3. The highest BCUT2D eigenvalue weighted by atomic mass is 79.9. The SMILES string of the molecule is COc1c(Br)cc(Cl)c(N=C(N)N=C(N)N)c1Br. The highest BCUT2D eigenvalue weighted by Crippen LogP contribution is 2.44. The third-order valence-corrected chi connectivity index (χ3v) is 3.39. The van der Waals surface area contributed by atoms with Crippen LogP contribution in [0.3, 0.4) is 0 Å². The first-order valence-electron chi connectivity index (χ1n) is 4.52. The Morgan fingerprint density at radius 1 is 1.33 bits per heavy atom. The van der Waals surface area contributed by atoms with Crippen molar-refractivity contribution in [3.8, 4) is 5.75 Å². The summed E-state index contributed by atoms with van der Waals surface area (Å²) in [7, 11) is 1.52. The normalized spacial score (nSPS) is 11.2. The number of hydrogen-bond donors (Lipinski definition) is 3. The molecule has 98 valence electrons. The van der Waals surface area contributed by atoms with Crippen molar-refractivity contribution in [3.63, 3.8) is 0 Å². The van der Waals surface area contributed by atoms with Crippen molar-refractivity contribution in [1.29, 1.82) is 0 Å². The second-order valence-electron chi connectivity index (χ2n) is 3.04. The molecule has 0 spiro atoms. The zero-order valence-electron chi connectivity index (χ0n) is 9.25. The number of methoxy groups -OCH3 is 1. The van der Waals surface area contributed by atoms with Gasteiger partial charge in [0.05, 0.1) is 21.1 Å². The molecule has 1 aromatic carbocycles. The van der Waals surface area contributed by atoms with Crippen molar-refractivity contribution >= 4 is 61.1 Å². The molecule has 0 saturated carbocycles. The van der Waals surface area contributed by atoms with Crippen LogP contribution in [-0.4, -0.2) is 19.0 Å². The molecule has 0 aliphatic rings. The summed E-state index contributed by atoms with van der Waals surface area (Å²) in [6, 6.07) is 1.63. The van der Waals surface area contributed by atoms with E-state index in [0.717, 1.165) is 0 Å². The lowest BCUT2D eigenvalue weighted by molar-refractivity contribution is 0.409. The standard InChI is InChI=1S/C9H10Br2ClN5O/c1-18-7-3(10)2-4(12)6(5(7)11)16-9(15)17-8(13)14/h2H,1H3,(H6,13,14,15,16,17). The lowest BCUT2D eigenvalue weighted by atomic mass is 10.3. The van der Waals surface area contributed by atoms with Gasteiger partial charge in [0.25, 0.3) is 0 Å². The van der Waals surface area contributed by atoms with E-state index in [9.17, 15) is 0 Å². The largest absolute Gasteiger partial charge is 0.494 e. The zero-order valence-corrected chi connectivity index (χ0v) is 13.2. The van der Waals surface area contributed by atoms with Gasteiger partial charge in [-0.2, -0.15) is 4.99 Å². The van der Waals surface area contributed by atoms with E-state index >= 15 is 0 Å². The Labute approximate surface area is 125 Å². The maximum atomic E-state index is 6.06. The van der Waals surface area contributed by atoms with Crippen LogP contribution in [0, 0.1) is 0 Å². The average molecular weight is 399 g/mol. The monoisotopic (exact) mass is 397 g/mol. The molecule has 0 saturated heterocycles. The molecule has 0 heterocycles. The Bertz CT molecular complexity index is 528. The Balaban J connectivity index is 3.38. The van der Waals surface area contributed by atoms with E-state index < -0.39 is 0 Å². The molecule has 1 aromatic rings. The number of guanidine groups is 2. The maximum Gasteiger partial charge on any atom is 0.223 e. The summed E-state index contributed by atoms with van der Waals surface area (Å²) in [6.07, 6.45) is 0. The van der Waals surface area contributed by atoms with Gasteiger partial charge in [-0.25, -0.2) is 4.99 Å². The lowest BCUT2D eigenvalue weighted by Gasteiger charge is -2.10. The number of ether oxygens (including phenoxy) is 1. The van der Waals surface area contributed by atoms with Crippen molar-refractivity contribution in [3.05, 3.63) is 20.0 Å². The third kappa shape index (κ3) is 3.50. The number of halogens is 3. The van der Waals surface area contributed by atoms with Crippen LogP contribution in [0.4, 0.5) is 5.69 Å². The quantitative estimate of drug-likeness (QED) is 0.522. The number of nitrogens with two attached hydrogens (primary N) is 3. The number of rotatable bonds is 2. The van der Waals surface area contributed by atoms with Crippen LogP contribution in [0.15, 0.2) is 25.0 Å². The fraction of sp³-hybridized carbons (Fsp3) is 0.111. The molecule has 6 N–H and O–H groups in total. The van der Waals surface area contributed by atoms with Gasteiger partial charge in [0, 0.05) is 0 Å². The fourth-order valence-electron chi connectivity index (χ4n) is 1.12. The Hall–Kier alpha value is -0.990. The molecule has 0 atom stereocenters. The van der Waals surface area contributed by atoms with Crippen LogP contribution in [0.2, 0.25) is 5.02 Å². The third-order valence-electron chi connectivity index (χ3n) is 1.78. The second kappa shape index (κ2) is 6.26. The van der Waals surface area contributed by atoms with Crippen LogP contribution in [0.1, 0.15) is 0 Å². The molecule has 9 heteroatoms. The van der Waals surface area contributed by atoms with Gasteiger partial charge >= 0.3 is 0 Å². The first-order valence-corrected chi connectivity index (χ1v) is 6.48. The van der Waals surface area contributed by atoms with Gasteiger partial charge in [-0.15, -0.1) is 0 Å². The van der Waals surface area contributed by atoms with Crippen LogP contribution < -0.4 is 21.9 Å². The molecular formula is C9H10Br2ClN5O. The van der Waals surface area contributed by atoms with Crippen molar-refractivity contribution in [2.75, 3.05) is 7.11 Å². The molecule has 0 radical (unpaired) electrons. The molecule has 18 heavy (non-hydrogen) atoms. The van der Waals surface area contributed by atoms with Gasteiger partial charge in [-0.3, -0.25) is 0 Å². The van der Waals surface area contributed by atoms with E-state index in [1.54, 1.807) is 6.07 Å². The van der Waals surface area contributed by atoms with E-state index in [1.807, 2.05) is 0 Å². The first-order chi connectivity index (χ1) is 8.36. The first kappa shape index (κ1) is 15.1. The molecule has 0 aromatic heterocycles. The summed E-state index contributed by atoms with van der Waals surface area (Å²) in [6.45, 7) is 0. The molecule has 6 nitrogen and oxygen atoms in total. The molecule has 0 aliphatic heterocycles. The van der Waals surface area contributed by atoms with E-state index in [0.29, 0.717) is 25.4 Å². The van der Waals surface area contributed by atoms with Gasteiger partial charge in [-0.1, -0.05) is 11.6 Å². The molecular weight excluding hydrogens is 389 g/mol. The van der Waals surface area contributed by atoms with Crippen molar-refractivity contribution in [2.45, 2.75) is 0 Å². The lowest BCUT2D eigenvalue weighted by Crippen LogP contribution is -2.26. The molecule has 0 amide bonds. The summed E-state index contributed by atoms with van der Waals surface area (Å²) < 4.78 is 6.41. The topological polar surface area (TPSA) is 112 Å². The molecule has 0 bridgehead atoms. The van der Waals surface area contributed by atoms with Gasteiger partial charge in [-0.05, 0) is 37.9 Å². The zero-order chi connectivity index (χ0) is 13.9. The predicted octanol–water partition coefficient (Wildman–Crippen LogP) is 2.09. The van der Waals surface area contributed by atoms with Crippen LogP contribution in [0.25, 0.3) is 0 Å². The molecule has 1 rings (SSSR count). The smallest absolute Gasteiger partial charge is 0.223 e. The van der Waals surface area contributed by atoms with Crippen LogP contribution >= 0.6 is 43.5 Å². The Morgan fingerprint density at radius 2 is 1.94 bits per heavy atom. The maximum absolute atomic E-state index is 6.06. The van der Waals surface area contributed by atoms with Crippen LogP contribution in [-0.2, 0) is 0 Å². The molecule has 0 aliphatic carbocycles. The van der Waals surface area contributed by atoms with Crippen molar-refractivity contribution in [2.24, 2.45) is 27.2 Å². The van der Waals surface area contributed by atoms with Crippen molar-refractivity contribution < 1.29 is 4.74 Å². The highest BCUT2D eigenvalue weighted by molar-refractivity contribution is 9.11. The number of aliphatic imine (C=N–C) groups is 2. The van der Waals surface area contributed by atoms with Gasteiger partial charge < -0.3 is 21.9 Å². The van der Waals surface area contributed by atoms with Gasteiger partial charge in [0.2, 0.25) is 5.96 Å². The fourth-order valence-corrected chi connectivity index (χ4v) is 3.15. The average Bonchev–Trinajstić information content (AvgIpc) is 2.23. The van der Waals surface area contributed by atoms with E-state index in [4.69, 9.17) is 33.5 Å². The van der Waals surface area contributed by atoms with Gasteiger partial charge in [0.15, 0.2) is 5.96 Å². The summed E-state index contributed by atoms with van der Waals surface area (Å²) in [5.74, 6) is 0.241. The van der Waals surface area contributed by atoms with Crippen molar-refractivity contribution in [1.82, 2.24) is 0 Å². The van der Waals surface area contributed by atoms with E-state index in [1.165, 1.54) is 7.11 Å². The Kier molecular flexibility index (Phi) is 5.24. The Morgan fingerprint density at radius 3 is 2.44 bits per heavy atom. The second-order valence-corrected chi connectivity index (χ2v) is 5.10. The number of nitrogens with zero attached hydrogens (tertiary/aromatic N) is 2. The summed E-state index contributed by atoms with van der Waals surface area (Å²) >= 11 is 12.7. The van der Waals surface area contributed by atoms with E-state index in [2.05, 4.69) is 41.8 Å². The minimum Gasteiger partial charge on any atom is -0.494 e. The highest BCUT2D eigenvalue weighted by Gasteiger charge is 2.15. The molecule has 0 unspecified atom stereocenters. The predicted molar refractivity (Wildman–Crippen MR) is 80.5 cm³/mol. The number of hydrogen-bond acceptors (Lipinski definition) is 2. The minimum atomic E-state index is -0.187. The van der Waals surface area contributed by atoms with Gasteiger partial charge in [0.1, 0.15) is 11.4 Å². The minimum absolute atomic E-state index is 0.109. The number of benzene rings is 1. The molecule has 0 fully saturated rings. The summed E-state index contributed by atoms with van der Waals surface area (Å²) in [5, 5.41) is 0.364. The van der Waals surface area contributed by atoms with E-state index in [-0.39, 0.29) is 11.9 Å². The van der Waals surface area contributed by atoms with Crippen LogP contribution in [0.5, 0.6) is 5.75 Å². The summed E-state index contributed by atoms with van der Waals surface area (Å²) in [4.78, 5) is 7.62.